The average Bonchev–Trinajstić information content (AvgIpc) is 2.89. The highest BCUT2D eigenvalue weighted by Gasteiger charge is 2.17. The molecule has 0 spiro atoms. The van der Waals surface area contributed by atoms with Crippen LogP contribution in [-0.2, 0) is 4.74 Å². The number of aromatic nitrogens is 3. The van der Waals surface area contributed by atoms with Crippen LogP contribution in [0, 0.1) is 0 Å². The molecule has 0 radical (unpaired) electrons. The normalized spacial score (nSPS) is 15.0. The van der Waals surface area contributed by atoms with Crippen LogP contribution in [0.5, 0.6) is 0 Å². The molecule has 0 bridgehead atoms. The van der Waals surface area contributed by atoms with Crippen molar-refractivity contribution in [3.63, 3.8) is 0 Å². The first-order valence-electron chi connectivity index (χ1n) is 8.18. The topological polar surface area (TPSA) is 71.5 Å². The maximum Gasteiger partial charge on any atom is 0.339 e. The minimum absolute atomic E-state index is 0.332. The van der Waals surface area contributed by atoms with Gasteiger partial charge < -0.3 is 14.5 Å². The van der Waals surface area contributed by atoms with Crippen molar-refractivity contribution in [2.75, 3.05) is 42.6 Å². The fourth-order valence-corrected chi connectivity index (χ4v) is 2.75. The lowest BCUT2D eigenvalue weighted by atomic mass is 10.2. The number of rotatable bonds is 4. The van der Waals surface area contributed by atoms with Crippen molar-refractivity contribution in [3.05, 3.63) is 42.2 Å². The number of esters is 1. The van der Waals surface area contributed by atoms with E-state index in [1.165, 1.54) is 0 Å². The highest BCUT2D eigenvalue weighted by Crippen LogP contribution is 2.17. The second kappa shape index (κ2) is 7.72. The number of carbonyl (C=O) groups is 1. The molecule has 2 aromatic rings. The lowest BCUT2D eigenvalue weighted by Gasteiger charge is -2.23. The zero-order valence-electron chi connectivity index (χ0n) is 13.8. The molecule has 0 N–H and O–H groups in total. The third-order valence-corrected chi connectivity index (χ3v) is 3.96. The van der Waals surface area contributed by atoms with Gasteiger partial charge in [-0.25, -0.2) is 9.78 Å². The largest absolute Gasteiger partial charge is 0.462 e. The van der Waals surface area contributed by atoms with Crippen LogP contribution in [0.25, 0.3) is 0 Å². The van der Waals surface area contributed by atoms with Gasteiger partial charge in [-0.05, 0) is 37.6 Å². The van der Waals surface area contributed by atoms with Gasteiger partial charge in [0.1, 0.15) is 5.82 Å². The molecule has 0 saturated carbocycles. The summed E-state index contributed by atoms with van der Waals surface area (Å²) in [5.41, 5.74) is 0.483. The van der Waals surface area contributed by atoms with E-state index in [1.807, 2.05) is 18.2 Å². The Labute approximate surface area is 141 Å². The molecule has 0 amide bonds. The Morgan fingerprint density at radius 3 is 2.54 bits per heavy atom. The molecule has 24 heavy (non-hydrogen) atoms. The molecule has 3 rings (SSSR count). The first-order valence-corrected chi connectivity index (χ1v) is 8.18. The molecule has 1 saturated heterocycles. The summed E-state index contributed by atoms with van der Waals surface area (Å²) >= 11 is 0. The van der Waals surface area contributed by atoms with Crippen LogP contribution in [0.3, 0.4) is 0 Å². The average molecular weight is 327 g/mol. The van der Waals surface area contributed by atoms with Crippen LogP contribution in [0.2, 0.25) is 0 Å². The van der Waals surface area contributed by atoms with E-state index in [0.717, 1.165) is 44.2 Å². The number of hydrogen-bond donors (Lipinski definition) is 0. The first kappa shape index (κ1) is 16.2. The van der Waals surface area contributed by atoms with Crippen LogP contribution < -0.4 is 9.80 Å². The van der Waals surface area contributed by atoms with Gasteiger partial charge in [-0.2, -0.15) is 5.10 Å². The van der Waals surface area contributed by atoms with Gasteiger partial charge in [-0.15, -0.1) is 5.10 Å². The molecule has 1 aliphatic heterocycles. The van der Waals surface area contributed by atoms with Crippen molar-refractivity contribution < 1.29 is 9.53 Å². The third kappa shape index (κ3) is 3.79. The van der Waals surface area contributed by atoms with Crippen LogP contribution in [0.4, 0.5) is 11.6 Å². The highest BCUT2D eigenvalue weighted by atomic mass is 16.5. The molecule has 0 aromatic carbocycles. The molecule has 126 valence electrons. The standard InChI is InChI=1S/C17H21N5O2/c1-2-24-17(23)14-6-7-15(18-13-14)21-9-4-10-22(12-11-21)16-5-3-8-19-20-16/h3,5-8,13H,2,4,9-12H2,1H3. The Hall–Kier alpha value is -2.70. The number of ether oxygens (including phenoxy) is 1. The summed E-state index contributed by atoms with van der Waals surface area (Å²) in [5.74, 6) is 1.45. The summed E-state index contributed by atoms with van der Waals surface area (Å²) in [4.78, 5) is 20.6. The Bertz CT molecular complexity index is 662. The summed E-state index contributed by atoms with van der Waals surface area (Å²) in [7, 11) is 0. The Morgan fingerprint density at radius 2 is 1.92 bits per heavy atom. The second-order valence-electron chi connectivity index (χ2n) is 5.54. The Morgan fingerprint density at radius 1 is 1.12 bits per heavy atom. The van der Waals surface area contributed by atoms with Gasteiger partial charge in [0.15, 0.2) is 5.82 Å². The Balaban J connectivity index is 1.65. The summed E-state index contributed by atoms with van der Waals surface area (Å²) in [6.45, 7) is 5.73. The van der Waals surface area contributed by atoms with Crippen LogP contribution in [0.1, 0.15) is 23.7 Å². The molecule has 1 fully saturated rings. The first-order chi connectivity index (χ1) is 11.8. The molecule has 0 atom stereocenters. The van der Waals surface area contributed by atoms with E-state index in [0.29, 0.717) is 12.2 Å². The lowest BCUT2D eigenvalue weighted by Crippen LogP contribution is -2.31. The van der Waals surface area contributed by atoms with Crippen molar-refractivity contribution in [2.45, 2.75) is 13.3 Å². The molecule has 0 unspecified atom stereocenters. The van der Waals surface area contributed by atoms with Gasteiger partial charge in [-0.1, -0.05) is 0 Å². The molecule has 7 nitrogen and oxygen atoms in total. The van der Waals surface area contributed by atoms with E-state index in [1.54, 1.807) is 25.4 Å². The zero-order valence-corrected chi connectivity index (χ0v) is 13.8. The predicted octanol–water partition coefficient (Wildman–Crippen LogP) is 1.77. The number of hydrogen-bond acceptors (Lipinski definition) is 7. The predicted molar refractivity (Wildman–Crippen MR) is 91.3 cm³/mol. The van der Waals surface area contributed by atoms with Gasteiger partial charge in [0.25, 0.3) is 0 Å². The van der Waals surface area contributed by atoms with Gasteiger partial charge in [-0.3, -0.25) is 0 Å². The van der Waals surface area contributed by atoms with Gasteiger partial charge in [0.05, 0.1) is 12.2 Å². The summed E-state index contributed by atoms with van der Waals surface area (Å²) in [5, 5.41) is 8.13. The third-order valence-electron chi connectivity index (χ3n) is 3.96. The Kier molecular flexibility index (Phi) is 5.20. The number of pyridine rings is 1. The van der Waals surface area contributed by atoms with E-state index < -0.39 is 0 Å². The van der Waals surface area contributed by atoms with E-state index in [4.69, 9.17) is 4.74 Å². The van der Waals surface area contributed by atoms with E-state index >= 15 is 0 Å². The van der Waals surface area contributed by atoms with Crippen molar-refractivity contribution >= 4 is 17.6 Å². The SMILES string of the molecule is CCOC(=O)c1ccc(N2CCCN(c3cccnn3)CC2)nc1. The molecule has 3 heterocycles. The van der Waals surface area contributed by atoms with E-state index in [9.17, 15) is 4.79 Å². The van der Waals surface area contributed by atoms with Gasteiger partial charge >= 0.3 is 5.97 Å². The van der Waals surface area contributed by atoms with Crippen LogP contribution in [0.15, 0.2) is 36.7 Å². The fourth-order valence-electron chi connectivity index (χ4n) is 2.75. The molecule has 1 aliphatic rings. The van der Waals surface area contributed by atoms with E-state index in [-0.39, 0.29) is 5.97 Å². The van der Waals surface area contributed by atoms with Crippen LogP contribution >= 0.6 is 0 Å². The van der Waals surface area contributed by atoms with Crippen molar-refractivity contribution in [3.8, 4) is 0 Å². The van der Waals surface area contributed by atoms with Gasteiger partial charge in [0, 0.05) is 38.6 Å². The number of carbonyl (C=O) groups excluding carboxylic acids is 1. The molecular weight excluding hydrogens is 306 g/mol. The second-order valence-corrected chi connectivity index (χ2v) is 5.54. The molecule has 2 aromatic heterocycles. The number of nitrogens with zero attached hydrogens (tertiary/aromatic N) is 5. The maximum atomic E-state index is 11.7. The smallest absolute Gasteiger partial charge is 0.339 e. The van der Waals surface area contributed by atoms with Crippen LogP contribution in [-0.4, -0.2) is 53.9 Å². The minimum atomic E-state index is -0.332. The summed E-state index contributed by atoms with van der Waals surface area (Å²) in [6.07, 6.45) is 4.28. The lowest BCUT2D eigenvalue weighted by molar-refractivity contribution is 0.0526. The molecule has 0 aliphatic carbocycles. The maximum absolute atomic E-state index is 11.7. The van der Waals surface area contributed by atoms with Gasteiger partial charge in [0.2, 0.25) is 0 Å². The van der Waals surface area contributed by atoms with E-state index in [2.05, 4.69) is 25.0 Å². The van der Waals surface area contributed by atoms with Crippen molar-refractivity contribution in [2.24, 2.45) is 0 Å². The minimum Gasteiger partial charge on any atom is -0.462 e. The zero-order chi connectivity index (χ0) is 16.8. The summed E-state index contributed by atoms with van der Waals surface area (Å²) in [6, 6.07) is 7.53. The number of anilines is 2. The molecule has 7 heteroatoms. The monoisotopic (exact) mass is 327 g/mol. The van der Waals surface area contributed by atoms with Crippen molar-refractivity contribution in [1.29, 1.82) is 0 Å². The summed E-state index contributed by atoms with van der Waals surface area (Å²) < 4.78 is 4.98. The fraction of sp³-hybridized carbons (Fsp3) is 0.412. The highest BCUT2D eigenvalue weighted by molar-refractivity contribution is 5.89. The molecular formula is C17H21N5O2. The quantitative estimate of drug-likeness (QED) is 0.792. The van der Waals surface area contributed by atoms with Crippen molar-refractivity contribution in [1.82, 2.24) is 15.2 Å².